The number of unbranched alkanes of at least 4 members (excludes halogenated alkanes) is 10. The molecule has 0 N–H and O–H groups in total. The highest BCUT2D eigenvalue weighted by atomic mass is 14.0. The van der Waals surface area contributed by atoms with Crippen LogP contribution in [0.4, 0.5) is 0 Å². The van der Waals surface area contributed by atoms with Crippen molar-refractivity contribution in [3.63, 3.8) is 0 Å². The fraction of sp³-hybridized carbons (Fsp3) is 0.765. The molecule has 0 aliphatic carbocycles. The summed E-state index contributed by atoms with van der Waals surface area (Å²) >= 11 is 0. The van der Waals surface area contributed by atoms with Gasteiger partial charge in [0.05, 0.1) is 0 Å². The van der Waals surface area contributed by atoms with Crippen LogP contribution in [0.25, 0.3) is 0 Å². The highest BCUT2D eigenvalue weighted by molar-refractivity contribution is 4.86. The summed E-state index contributed by atoms with van der Waals surface area (Å²) in [7, 11) is 0. The van der Waals surface area contributed by atoms with Crippen molar-refractivity contribution in [3.8, 4) is 0 Å². The summed E-state index contributed by atoms with van der Waals surface area (Å²) in [6.45, 7) is 7.57. The van der Waals surface area contributed by atoms with Crippen molar-refractivity contribution in [2.45, 2.75) is 84.0 Å². The monoisotopic (exact) mass is 235 g/mol. The molecule has 0 saturated heterocycles. The van der Waals surface area contributed by atoms with Gasteiger partial charge >= 0.3 is 0 Å². The minimum absolute atomic E-state index is 0.914. The summed E-state index contributed by atoms with van der Waals surface area (Å²) in [6.07, 6.45) is 22.4. The number of hydrogen-bond acceptors (Lipinski definition) is 0. The first kappa shape index (κ1) is 16.5. The van der Waals surface area contributed by atoms with Gasteiger partial charge in [0.1, 0.15) is 0 Å². The second-order valence-corrected chi connectivity index (χ2v) is 4.91. The van der Waals surface area contributed by atoms with Crippen LogP contribution in [-0.4, -0.2) is 0 Å². The molecular weight excluding hydrogens is 204 g/mol. The molecule has 0 aromatic heterocycles. The normalized spacial score (nSPS) is 11.1. The van der Waals surface area contributed by atoms with E-state index in [4.69, 9.17) is 6.58 Å². The Labute approximate surface area is 109 Å². The molecular formula is C17H31. The Balaban J connectivity index is 2.96. The summed E-state index contributed by atoms with van der Waals surface area (Å²) in [5.41, 5.74) is 0. The Kier molecular flexibility index (Phi) is 15.0. The van der Waals surface area contributed by atoms with Crippen molar-refractivity contribution >= 4 is 0 Å². The lowest BCUT2D eigenvalue weighted by atomic mass is 10.1. The number of allylic oxidation sites excluding steroid dienone is 3. The van der Waals surface area contributed by atoms with E-state index >= 15 is 0 Å². The maximum absolute atomic E-state index is 5.29. The van der Waals surface area contributed by atoms with Crippen LogP contribution in [-0.2, 0) is 0 Å². The summed E-state index contributed by atoms with van der Waals surface area (Å²) in [4.78, 5) is 0. The molecule has 0 spiro atoms. The van der Waals surface area contributed by atoms with Gasteiger partial charge in [-0.25, -0.2) is 0 Å². The third kappa shape index (κ3) is 15.5. The first-order valence-corrected chi connectivity index (χ1v) is 7.60. The minimum Gasteiger partial charge on any atom is -0.0882 e. The van der Waals surface area contributed by atoms with Crippen molar-refractivity contribution in [1.29, 1.82) is 0 Å². The molecule has 0 aliphatic heterocycles. The molecule has 17 heavy (non-hydrogen) atoms. The second kappa shape index (κ2) is 15.5. The van der Waals surface area contributed by atoms with Crippen LogP contribution in [0.3, 0.4) is 0 Å². The Morgan fingerprint density at radius 3 is 1.76 bits per heavy atom. The molecule has 0 bridgehead atoms. The van der Waals surface area contributed by atoms with Gasteiger partial charge in [-0.3, -0.25) is 0 Å². The van der Waals surface area contributed by atoms with E-state index in [0.29, 0.717) is 0 Å². The van der Waals surface area contributed by atoms with E-state index in [9.17, 15) is 0 Å². The molecule has 0 saturated carbocycles. The first-order valence-electron chi connectivity index (χ1n) is 7.60. The Morgan fingerprint density at radius 1 is 0.706 bits per heavy atom. The maximum atomic E-state index is 5.29. The van der Waals surface area contributed by atoms with Crippen LogP contribution in [0.2, 0.25) is 0 Å². The zero-order chi connectivity index (χ0) is 12.6. The molecule has 99 valence electrons. The number of rotatable bonds is 13. The topological polar surface area (TPSA) is 0 Å². The molecule has 0 atom stereocenters. The summed E-state index contributed by atoms with van der Waals surface area (Å²) in [6, 6.07) is 0. The Bertz CT molecular complexity index is 167. The quantitative estimate of drug-likeness (QED) is 0.262. The largest absolute Gasteiger partial charge is 0.0882 e. The molecule has 1 radical (unpaired) electrons. The minimum atomic E-state index is 0.914. The van der Waals surface area contributed by atoms with Gasteiger partial charge in [-0.2, -0.15) is 0 Å². The lowest BCUT2D eigenvalue weighted by Gasteiger charge is -2.01. The Hall–Kier alpha value is -0.520. The molecule has 0 nitrogen and oxygen atoms in total. The fourth-order valence-electron chi connectivity index (χ4n) is 2.04. The van der Waals surface area contributed by atoms with E-state index in [1.165, 1.54) is 70.6 Å². The van der Waals surface area contributed by atoms with Gasteiger partial charge in [-0.15, -0.1) is 0 Å². The van der Waals surface area contributed by atoms with Gasteiger partial charge in [0, 0.05) is 0 Å². The predicted molar refractivity (Wildman–Crippen MR) is 79.1 cm³/mol. The third-order valence-electron chi connectivity index (χ3n) is 3.16. The van der Waals surface area contributed by atoms with E-state index in [1.807, 2.05) is 0 Å². The van der Waals surface area contributed by atoms with Gasteiger partial charge in [-0.05, 0) is 19.3 Å². The fourth-order valence-corrected chi connectivity index (χ4v) is 2.04. The van der Waals surface area contributed by atoms with Gasteiger partial charge in [-0.1, -0.05) is 89.5 Å². The molecule has 0 amide bonds. The molecule has 0 aromatic rings. The SMILES string of the molecule is [CH]=CC/C=C/CCCCCCCCCCCC. The van der Waals surface area contributed by atoms with Crippen LogP contribution < -0.4 is 0 Å². The average Bonchev–Trinajstić information content (AvgIpc) is 2.35. The predicted octanol–water partition coefficient (Wildman–Crippen LogP) is 6.23. The average molecular weight is 235 g/mol. The third-order valence-corrected chi connectivity index (χ3v) is 3.16. The van der Waals surface area contributed by atoms with Gasteiger partial charge in [0.2, 0.25) is 0 Å². The van der Waals surface area contributed by atoms with Crippen molar-refractivity contribution < 1.29 is 0 Å². The summed E-state index contributed by atoms with van der Waals surface area (Å²) in [5, 5.41) is 0. The molecule has 0 heteroatoms. The van der Waals surface area contributed by atoms with E-state index in [-0.39, 0.29) is 0 Å². The van der Waals surface area contributed by atoms with Crippen molar-refractivity contribution in [2.24, 2.45) is 0 Å². The van der Waals surface area contributed by atoms with E-state index < -0.39 is 0 Å². The van der Waals surface area contributed by atoms with Gasteiger partial charge in [0.15, 0.2) is 0 Å². The smallest absolute Gasteiger partial charge is 0.0166 e. The summed E-state index contributed by atoms with van der Waals surface area (Å²) < 4.78 is 0. The van der Waals surface area contributed by atoms with Crippen LogP contribution in [0.5, 0.6) is 0 Å². The van der Waals surface area contributed by atoms with Crippen molar-refractivity contribution in [3.05, 3.63) is 24.8 Å². The standard InChI is InChI=1S/C17H31/c1-3-5-7-9-11-13-15-17-16-14-12-10-8-6-4-2/h1,3,7,9H,4-6,8,10-17H2,2H3/b3-1?,9-7+. The van der Waals surface area contributed by atoms with E-state index in [2.05, 4.69) is 19.1 Å². The highest BCUT2D eigenvalue weighted by Crippen LogP contribution is 2.11. The lowest BCUT2D eigenvalue weighted by molar-refractivity contribution is 0.557. The van der Waals surface area contributed by atoms with E-state index in [1.54, 1.807) is 6.08 Å². The maximum Gasteiger partial charge on any atom is -0.0166 e. The molecule has 0 aliphatic rings. The van der Waals surface area contributed by atoms with Crippen LogP contribution in [0, 0.1) is 6.58 Å². The van der Waals surface area contributed by atoms with Crippen molar-refractivity contribution in [1.82, 2.24) is 0 Å². The lowest BCUT2D eigenvalue weighted by Crippen LogP contribution is -1.81. The molecule has 0 rings (SSSR count). The Morgan fingerprint density at radius 2 is 1.24 bits per heavy atom. The van der Waals surface area contributed by atoms with Crippen LogP contribution in [0.1, 0.15) is 84.0 Å². The molecule has 0 unspecified atom stereocenters. The summed E-state index contributed by atoms with van der Waals surface area (Å²) in [5.74, 6) is 0. The van der Waals surface area contributed by atoms with Gasteiger partial charge < -0.3 is 0 Å². The zero-order valence-corrected chi connectivity index (χ0v) is 11.8. The first-order chi connectivity index (χ1) is 8.41. The van der Waals surface area contributed by atoms with Crippen LogP contribution >= 0.6 is 0 Å². The zero-order valence-electron chi connectivity index (χ0n) is 11.8. The molecule has 0 aromatic carbocycles. The highest BCUT2D eigenvalue weighted by Gasteiger charge is 1.91. The van der Waals surface area contributed by atoms with Gasteiger partial charge in [0.25, 0.3) is 0 Å². The van der Waals surface area contributed by atoms with E-state index in [0.717, 1.165) is 6.42 Å². The van der Waals surface area contributed by atoms with Crippen molar-refractivity contribution in [2.75, 3.05) is 0 Å². The number of hydrogen-bond donors (Lipinski definition) is 0. The molecule has 0 heterocycles. The second-order valence-electron chi connectivity index (χ2n) is 4.91. The molecule has 0 fully saturated rings. The van der Waals surface area contributed by atoms with Crippen LogP contribution in [0.15, 0.2) is 18.2 Å².